The van der Waals surface area contributed by atoms with Crippen molar-refractivity contribution in [3.05, 3.63) is 0 Å². The first-order valence-electron chi connectivity index (χ1n) is 6.10. The Balaban J connectivity index is 2.37. The van der Waals surface area contributed by atoms with E-state index in [2.05, 4.69) is 25.1 Å². The van der Waals surface area contributed by atoms with Gasteiger partial charge in [-0.3, -0.25) is 0 Å². The summed E-state index contributed by atoms with van der Waals surface area (Å²) in [5.74, 6) is 2.71. The molecule has 86 valence electrons. The Kier molecular flexibility index (Phi) is 5.75. The number of terminal acetylenes is 1. The summed E-state index contributed by atoms with van der Waals surface area (Å²) in [4.78, 5) is 0. The van der Waals surface area contributed by atoms with Gasteiger partial charge in [-0.05, 0) is 39.2 Å². The lowest BCUT2D eigenvalue weighted by molar-refractivity contribution is 0.0304. The molecule has 2 heteroatoms. The van der Waals surface area contributed by atoms with E-state index >= 15 is 0 Å². The largest absolute Gasteiger partial charge is 0.374 e. The summed E-state index contributed by atoms with van der Waals surface area (Å²) in [6.45, 7) is 5.39. The van der Waals surface area contributed by atoms with Gasteiger partial charge in [-0.1, -0.05) is 6.92 Å². The van der Waals surface area contributed by atoms with Crippen molar-refractivity contribution in [2.45, 2.75) is 64.2 Å². The molecule has 1 heterocycles. The van der Waals surface area contributed by atoms with Gasteiger partial charge in [0.05, 0.1) is 12.2 Å². The molecule has 0 saturated carbocycles. The molecule has 0 bridgehead atoms. The number of hydrogen-bond acceptors (Lipinski definition) is 2. The first-order chi connectivity index (χ1) is 7.27. The molecule has 0 aromatic heterocycles. The average Bonchev–Trinajstić information content (AvgIpc) is 2.65. The minimum atomic E-state index is 0.375. The summed E-state index contributed by atoms with van der Waals surface area (Å²) in [7, 11) is 0. The maximum Gasteiger partial charge on any atom is 0.0732 e. The van der Waals surface area contributed by atoms with E-state index in [1.165, 1.54) is 12.8 Å². The number of ether oxygens (including phenoxy) is 1. The predicted molar refractivity (Wildman–Crippen MR) is 63.7 cm³/mol. The molecule has 0 aromatic carbocycles. The zero-order chi connectivity index (χ0) is 11.1. The molecule has 1 saturated heterocycles. The summed E-state index contributed by atoms with van der Waals surface area (Å²) >= 11 is 0. The molecule has 3 atom stereocenters. The standard InChI is InChI=1S/C13H23NO/c1-4-6-7-12(14-10-5-2)13-9-8-11(3)15-13/h1,11-14H,5-10H2,2-3H3. The van der Waals surface area contributed by atoms with Gasteiger partial charge in [-0.25, -0.2) is 0 Å². The SMILES string of the molecule is C#CCCC(NCCC)C1CCC(C)O1. The van der Waals surface area contributed by atoms with E-state index in [9.17, 15) is 0 Å². The fourth-order valence-corrected chi connectivity index (χ4v) is 2.12. The quantitative estimate of drug-likeness (QED) is 0.678. The van der Waals surface area contributed by atoms with E-state index < -0.39 is 0 Å². The lowest BCUT2D eigenvalue weighted by Gasteiger charge is -2.24. The monoisotopic (exact) mass is 209 g/mol. The lowest BCUT2D eigenvalue weighted by atomic mass is 10.0. The van der Waals surface area contributed by atoms with E-state index in [1.807, 2.05) is 0 Å². The van der Waals surface area contributed by atoms with Crippen LogP contribution in [0, 0.1) is 12.3 Å². The molecule has 0 spiro atoms. The number of hydrogen-bond donors (Lipinski definition) is 1. The summed E-state index contributed by atoms with van der Waals surface area (Å²) in [5.41, 5.74) is 0. The highest BCUT2D eigenvalue weighted by atomic mass is 16.5. The van der Waals surface area contributed by atoms with Crippen LogP contribution < -0.4 is 5.32 Å². The molecule has 0 aromatic rings. The maximum atomic E-state index is 5.89. The van der Waals surface area contributed by atoms with Crippen LogP contribution in [0.25, 0.3) is 0 Å². The van der Waals surface area contributed by atoms with Gasteiger partial charge in [0.15, 0.2) is 0 Å². The molecule has 1 N–H and O–H groups in total. The third-order valence-electron chi connectivity index (χ3n) is 2.97. The van der Waals surface area contributed by atoms with Crippen LogP contribution in [-0.4, -0.2) is 24.8 Å². The first-order valence-corrected chi connectivity index (χ1v) is 6.10. The average molecular weight is 209 g/mol. The zero-order valence-electron chi connectivity index (χ0n) is 9.96. The van der Waals surface area contributed by atoms with E-state index in [4.69, 9.17) is 11.2 Å². The van der Waals surface area contributed by atoms with E-state index in [1.54, 1.807) is 0 Å². The molecule has 2 nitrogen and oxygen atoms in total. The number of nitrogens with one attached hydrogen (secondary N) is 1. The Morgan fingerprint density at radius 2 is 2.33 bits per heavy atom. The molecular weight excluding hydrogens is 186 g/mol. The van der Waals surface area contributed by atoms with Crippen LogP contribution in [0.15, 0.2) is 0 Å². The van der Waals surface area contributed by atoms with Crippen molar-refractivity contribution in [2.24, 2.45) is 0 Å². The highest BCUT2D eigenvalue weighted by Crippen LogP contribution is 2.23. The highest BCUT2D eigenvalue weighted by Gasteiger charge is 2.28. The smallest absolute Gasteiger partial charge is 0.0732 e. The second-order valence-corrected chi connectivity index (χ2v) is 4.37. The third kappa shape index (κ3) is 4.24. The second kappa shape index (κ2) is 6.87. The fraction of sp³-hybridized carbons (Fsp3) is 0.846. The highest BCUT2D eigenvalue weighted by molar-refractivity contribution is 4.89. The molecule has 0 amide bonds. The lowest BCUT2D eigenvalue weighted by Crippen LogP contribution is -2.40. The van der Waals surface area contributed by atoms with Crippen LogP contribution in [0.4, 0.5) is 0 Å². The van der Waals surface area contributed by atoms with Crippen molar-refractivity contribution in [1.82, 2.24) is 5.32 Å². The molecule has 1 aliphatic heterocycles. The Labute approximate surface area is 93.8 Å². The van der Waals surface area contributed by atoms with Crippen molar-refractivity contribution in [2.75, 3.05) is 6.54 Å². The Morgan fingerprint density at radius 3 is 2.87 bits per heavy atom. The van der Waals surface area contributed by atoms with Crippen LogP contribution in [0.2, 0.25) is 0 Å². The summed E-state index contributed by atoms with van der Waals surface area (Å²) in [6.07, 6.45) is 11.5. The van der Waals surface area contributed by atoms with Crippen molar-refractivity contribution >= 4 is 0 Å². The van der Waals surface area contributed by atoms with Gasteiger partial charge >= 0.3 is 0 Å². The molecule has 3 unspecified atom stereocenters. The third-order valence-corrected chi connectivity index (χ3v) is 2.97. The molecular formula is C13H23NO. The van der Waals surface area contributed by atoms with Gasteiger partial charge in [0.25, 0.3) is 0 Å². The van der Waals surface area contributed by atoms with Gasteiger partial charge < -0.3 is 10.1 Å². The summed E-state index contributed by atoms with van der Waals surface area (Å²) in [5, 5.41) is 3.55. The summed E-state index contributed by atoms with van der Waals surface area (Å²) < 4.78 is 5.89. The van der Waals surface area contributed by atoms with E-state index in [-0.39, 0.29) is 0 Å². The van der Waals surface area contributed by atoms with Crippen LogP contribution in [0.5, 0.6) is 0 Å². The van der Waals surface area contributed by atoms with E-state index in [0.29, 0.717) is 18.2 Å². The topological polar surface area (TPSA) is 21.3 Å². The molecule has 1 rings (SSSR count). The molecule has 1 aliphatic rings. The molecule has 1 fully saturated rings. The van der Waals surface area contributed by atoms with Crippen LogP contribution in [0.1, 0.15) is 46.0 Å². The first kappa shape index (κ1) is 12.5. The van der Waals surface area contributed by atoms with Gasteiger partial charge in [-0.2, -0.15) is 0 Å². The number of rotatable bonds is 6. The normalized spacial score (nSPS) is 27.5. The minimum absolute atomic E-state index is 0.375. The van der Waals surface area contributed by atoms with E-state index in [0.717, 1.165) is 25.8 Å². The molecule has 0 radical (unpaired) electrons. The Bertz CT molecular complexity index is 209. The zero-order valence-corrected chi connectivity index (χ0v) is 9.96. The van der Waals surface area contributed by atoms with Crippen molar-refractivity contribution in [3.63, 3.8) is 0 Å². The fourth-order valence-electron chi connectivity index (χ4n) is 2.12. The van der Waals surface area contributed by atoms with Gasteiger partial charge in [-0.15, -0.1) is 12.3 Å². The summed E-state index contributed by atoms with van der Waals surface area (Å²) in [6, 6.07) is 0.450. The molecule has 0 aliphatic carbocycles. The van der Waals surface area contributed by atoms with Gasteiger partial charge in [0.2, 0.25) is 0 Å². The van der Waals surface area contributed by atoms with Gasteiger partial charge in [0, 0.05) is 12.5 Å². The van der Waals surface area contributed by atoms with Crippen LogP contribution in [-0.2, 0) is 4.74 Å². The van der Waals surface area contributed by atoms with Gasteiger partial charge in [0.1, 0.15) is 0 Å². The maximum absolute atomic E-state index is 5.89. The minimum Gasteiger partial charge on any atom is -0.374 e. The van der Waals surface area contributed by atoms with Crippen LogP contribution in [0.3, 0.4) is 0 Å². The molecule has 15 heavy (non-hydrogen) atoms. The predicted octanol–water partition coefficient (Wildman–Crippen LogP) is 2.34. The Hall–Kier alpha value is -0.520. The van der Waals surface area contributed by atoms with Crippen molar-refractivity contribution in [3.8, 4) is 12.3 Å². The van der Waals surface area contributed by atoms with Crippen LogP contribution >= 0.6 is 0 Å². The second-order valence-electron chi connectivity index (χ2n) is 4.37. The Morgan fingerprint density at radius 1 is 1.53 bits per heavy atom. The van der Waals surface area contributed by atoms with Crippen molar-refractivity contribution in [1.29, 1.82) is 0 Å². The van der Waals surface area contributed by atoms with Crippen molar-refractivity contribution < 1.29 is 4.74 Å².